The van der Waals surface area contributed by atoms with Crippen LogP contribution in [0.15, 0.2) is 70.4 Å². The Bertz CT molecular complexity index is 1340. The third-order valence-corrected chi connectivity index (χ3v) is 6.91. The maximum absolute atomic E-state index is 13.0. The van der Waals surface area contributed by atoms with Gasteiger partial charge in [-0.15, -0.1) is 0 Å². The van der Waals surface area contributed by atoms with Gasteiger partial charge in [-0.25, -0.2) is 4.79 Å². The number of aromatic nitrogens is 2. The van der Waals surface area contributed by atoms with Crippen molar-refractivity contribution in [1.29, 1.82) is 0 Å². The lowest BCUT2D eigenvalue weighted by molar-refractivity contribution is -0.137. The first kappa shape index (κ1) is 25.4. The molecule has 0 spiro atoms. The van der Waals surface area contributed by atoms with Crippen molar-refractivity contribution in [3.63, 3.8) is 0 Å². The van der Waals surface area contributed by atoms with Crippen molar-refractivity contribution < 1.29 is 18.0 Å². The predicted molar refractivity (Wildman–Crippen MR) is 134 cm³/mol. The van der Waals surface area contributed by atoms with Crippen LogP contribution in [0.25, 0.3) is 0 Å². The molecule has 1 atom stereocenters. The van der Waals surface area contributed by atoms with Crippen LogP contribution >= 0.6 is 22.6 Å². The Morgan fingerprint density at radius 2 is 1.77 bits per heavy atom. The number of aryl methyl sites for hydroxylation is 1. The van der Waals surface area contributed by atoms with Gasteiger partial charge in [-0.05, 0) is 78.2 Å². The minimum Gasteiger partial charge on any atom is -0.303 e. The SMILES string of the molecule is O=C(c1ccccc1)n1c(=O)c(I)cn(CCCN2CCC(c3cccc(C(F)(F)F)c3)C2)c1=O. The summed E-state index contributed by atoms with van der Waals surface area (Å²) < 4.78 is 41.4. The lowest BCUT2D eigenvalue weighted by atomic mass is 9.96. The van der Waals surface area contributed by atoms with Gasteiger partial charge in [0.25, 0.3) is 11.5 Å². The molecule has 2 aromatic carbocycles. The van der Waals surface area contributed by atoms with Crippen LogP contribution in [-0.2, 0) is 12.7 Å². The molecule has 0 aliphatic carbocycles. The van der Waals surface area contributed by atoms with Crippen molar-refractivity contribution in [2.75, 3.05) is 19.6 Å². The molecule has 0 saturated carbocycles. The standard InChI is InChI=1S/C25H23F3IN3O3/c26-25(27,28)20-9-4-8-18(14-20)19-10-13-30(15-19)11-5-12-31-16-21(29)23(34)32(24(31)35)22(33)17-6-2-1-3-7-17/h1-4,6-9,14,16,19H,5,10-13,15H2. The largest absolute Gasteiger partial charge is 0.416 e. The number of benzene rings is 2. The summed E-state index contributed by atoms with van der Waals surface area (Å²) in [4.78, 5) is 40.4. The monoisotopic (exact) mass is 597 g/mol. The Morgan fingerprint density at radius 1 is 1.03 bits per heavy atom. The molecule has 0 bridgehead atoms. The Balaban J connectivity index is 1.41. The Hall–Kier alpha value is -2.73. The molecule has 1 aliphatic rings. The Morgan fingerprint density at radius 3 is 2.49 bits per heavy atom. The fraction of sp³-hybridized carbons (Fsp3) is 0.320. The molecule has 1 saturated heterocycles. The molecular weight excluding hydrogens is 574 g/mol. The van der Waals surface area contributed by atoms with E-state index in [1.807, 2.05) is 22.6 Å². The van der Waals surface area contributed by atoms with E-state index in [2.05, 4.69) is 4.90 Å². The molecule has 1 aliphatic heterocycles. The number of nitrogens with zero attached hydrogens (tertiary/aromatic N) is 3. The van der Waals surface area contributed by atoms with Gasteiger partial charge in [0.05, 0.1) is 9.13 Å². The minimum atomic E-state index is -4.36. The van der Waals surface area contributed by atoms with E-state index >= 15 is 0 Å². The zero-order valence-electron chi connectivity index (χ0n) is 18.7. The van der Waals surface area contributed by atoms with Crippen LogP contribution in [0.1, 0.15) is 40.2 Å². The van der Waals surface area contributed by atoms with E-state index in [4.69, 9.17) is 0 Å². The second kappa shape index (κ2) is 10.5. The quantitative estimate of drug-likeness (QED) is 0.400. The number of alkyl halides is 3. The van der Waals surface area contributed by atoms with E-state index in [9.17, 15) is 27.6 Å². The van der Waals surface area contributed by atoms with Gasteiger partial charge in [0.15, 0.2) is 0 Å². The third-order valence-electron chi connectivity index (χ3n) is 6.17. The van der Waals surface area contributed by atoms with Gasteiger partial charge in [0.1, 0.15) is 0 Å². The molecule has 35 heavy (non-hydrogen) atoms. The normalized spacial score (nSPS) is 16.5. The summed E-state index contributed by atoms with van der Waals surface area (Å²) in [5.41, 5.74) is -1.04. The highest BCUT2D eigenvalue weighted by Crippen LogP contribution is 2.33. The molecule has 2 heterocycles. The van der Waals surface area contributed by atoms with Gasteiger partial charge in [-0.1, -0.05) is 36.4 Å². The number of hydrogen-bond acceptors (Lipinski definition) is 4. The van der Waals surface area contributed by atoms with Crippen molar-refractivity contribution in [2.45, 2.75) is 31.5 Å². The summed E-state index contributed by atoms with van der Waals surface area (Å²) in [5, 5.41) is 0. The number of carbonyl (C=O) groups is 1. The number of rotatable bonds is 6. The lowest BCUT2D eigenvalue weighted by Crippen LogP contribution is -2.45. The van der Waals surface area contributed by atoms with Crippen LogP contribution in [0.4, 0.5) is 13.2 Å². The number of hydrogen-bond donors (Lipinski definition) is 0. The van der Waals surface area contributed by atoms with E-state index in [1.54, 1.807) is 36.4 Å². The minimum absolute atomic E-state index is 0.0198. The molecule has 1 fully saturated rings. The van der Waals surface area contributed by atoms with Gasteiger partial charge in [0, 0.05) is 24.8 Å². The number of halogens is 4. The highest BCUT2D eigenvalue weighted by Gasteiger charge is 2.32. The maximum atomic E-state index is 13.0. The van der Waals surface area contributed by atoms with Crippen LogP contribution in [0, 0.1) is 3.57 Å². The topological polar surface area (TPSA) is 64.3 Å². The van der Waals surface area contributed by atoms with E-state index in [0.717, 1.165) is 19.0 Å². The predicted octanol–water partition coefficient (Wildman–Crippen LogP) is 4.20. The van der Waals surface area contributed by atoms with Crippen LogP contribution in [0.3, 0.4) is 0 Å². The Labute approximate surface area is 213 Å². The molecule has 0 radical (unpaired) electrons. The van der Waals surface area contributed by atoms with Gasteiger partial charge in [0.2, 0.25) is 0 Å². The van der Waals surface area contributed by atoms with Crippen LogP contribution < -0.4 is 11.2 Å². The van der Waals surface area contributed by atoms with Crippen molar-refractivity contribution in [1.82, 2.24) is 14.0 Å². The zero-order chi connectivity index (χ0) is 25.2. The average molecular weight is 597 g/mol. The van der Waals surface area contributed by atoms with E-state index < -0.39 is 28.9 Å². The van der Waals surface area contributed by atoms with E-state index in [1.165, 1.54) is 22.9 Å². The molecule has 6 nitrogen and oxygen atoms in total. The molecule has 1 aromatic heterocycles. The van der Waals surface area contributed by atoms with Crippen molar-refractivity contribution >= 4 is 28.5 Å². The number of carbonyl (C=O) groups excluding carboxylic acids is 1. The lowest BCUT2D eigenvalue weighted by Gasteiger charge is -2.17. The van der Waals surface area contributed by atoms with Crippen molar-refractivity contribution in [3.8, 4) is 0 Å². The zero-order valence-corrected chi connectivity index (χ0v) is 20.8. The molecule has 4 rings (SSSR count). The molecule has 0 amide bonds. The molecule has 0 N–H and O–H groups in total. The molecule has 1 unspecified atom stereocenters. The van der Waals surface area contributed by atoms with Gasteiger partial charge < -0.3 is 4.90 Å². The fourth-order valence-electron chi connectivity index (χ4n) is 4.36. The fourth-order valence-corrected chi connectivity index (χ4v) is 4.94. The highest BCUT2D eigenvalue weighted by atomic mass is 127. The van der Waals surface area contributed by atoms with Gasteiger partial charge in [-0.3, -0.25) is 14.2 Å². The van der Waals surface area contributed by atoms with Crippen LogP contribution in [0.2, 0.25) is 0 Å². The van der Waals surface area contributed by atoms with E-state index in [-0.39, 0.29) is 15.1 Å². The first-order chi connectivity index (χ1) is 16.6. The second-order valence-electron chi connectivity index (χ2n) is 8.53. The smallest absolute Gasteiger partial charge is 0.303 e. The summed E-state index contributed by atoms with van der Waals surface area (Å²) in [5.74, 6) is -0.650. The van der Waals surface area contributed by atoms with E-state index in [0.29, 0.717) is 36.2 Å². The molecule has 3 aromatic rings. The summed E-state index contributed by atoms with van der Waals surface area (Å²) in [6.45, 7) is 2.34. The maximum Gasteiger partial charge on any atom is 0.416 e. The summed E-state index contributed by atoms with van der Waals surface area (Å²) in [6, 6.07) is 13.6. The summed E-state index contributed by atoms with van der Waals surface area (Å²) in [6.07, 6.45) is -1.56. The van der Waals surface area contributed by atoms with Crippen molar-refractivity contribution in [3.05, 3.63) is 102 Å². The molecule has 184 valence electrons. The van der Waals surface area contributed by atoms with Gasteiger partial charge in [-0.2, -0.15) is 17.7 Å². The number of likely N-dealkylation sites (tertiary alicyclic amines) is 1. The van der Waals surface area contributed by atoms with Crippen LogP contribution in [-0.4, -0.2) is 39.6 Å². The average Bonchev–Trinajstić information content (AvgIpc) is 3.31. The molecule has 10 heteroatoms. The Kier molecular flexibility index (Phi) is 7.60. The summed E-state index contributed by atoms with van der Waals surface area (Å²) >= 11 is 1.82. The highest BCUT2D eigenvalue weighted by molar-refractivity contribution is 14.1. The van der Waals surface area contributed by atoms with Gasteiger partial charge >= 0.3 is 11.9 Å². The van der Waals surface area contributed by atoms with Crippen LogP contribution in [0.5, 0.6) is 0 Å². The second-order valence-corrected chi connectivity index (χ2v) is 9.69. The first-order valence-electron chi connectivity index (χ1n) is 11.2. The van der Waals surface area contributed by atoms with Crippen molar-refractivity contribution in [2.24, 2.45) is 0 Å². The molecular formula is C25H23F3IN3O3. The third kappa shape index (κ3) is 5.75. The summed E-state index contributed by atoms with van der Waals surface area (Å²) in [7, 11) is 0. The first-order valence-corrected chi connectivity index (χ1v) is 12.2.